The van der Waals surface area contributed by atoms with Gasteiger partial charge in [0.25, 0.3) is 0 Å². The third kappa shape index (κ3) is 15.1. The number of aromatic nitrogens is 3. The molecule has 8 rings (SSSR count). The number of carbonyl (C=O) groups excluding carboxylic acids is 2. The molecule has 1 aromatic heterocycles. The van der Waals surface area contributed by atoms with E-state index in [0.29, 0.717) is 77.1 Å². The molecule has 2 aliphatic rings. The predicted octanol–water partition coefficient (Wildman–Crippen LogP) is 13.4. The van der Waals surface area contributed by atoms with E-state index in [4.69, 9.17) is 38.9 Å². The van der Waals surface area contributed by atoms with Crippen LogP contribution < -0.4 is 4.74 Å². The molecule has 1 aliphatic carbocycles. The summed E-state index contributed by atoms with van der Waals surface area (Å²) < 4.78 is 22.5. The van der Waals surface area contributed by atoms with Gasteiger partial charge in [-0.1, -0.05) is 166 Å². The second kappa shape index (κ2) is 26.9. The first-order chi connectivity index (χ1) is 36.3. The number of rotatable bonds is 25. The van der Waals surface area contributed by atoms with E-state index in [9.17, 15) is 19.8 Å². The number of ether oxygens (including phenoxy) is 4. The fourth-order valence-electron chi connectivity index (χ4n) is 8.62. The van der Waals surface area contributed by atoms with Gasteiger partial charge in [-0.15, -0.1) is 0 Å². The average molecular weight is 991 g/mol. The van der Waals surface area contributed by atoms with Crippen molar-refractivity contribution in [2.24, 2.45) is 4.99 Å². The third-order valence-corrected chi connectivity index (χ3v) is 12.5. The second-order valence-electron chi connectivity index (χ2n) is 18.0. The number of aliphatic imine (C=N–C) groups is 1. The van der Waals surface area contributed by atoms with Crippen LogP contribution in [0.3, 0.4) is 0 Å². The highest BCUT2D eigenvalue weighted by atomic mass is 16.6. The van der Waals surface area contributed by atoms with E-state index < -0.39 is 0 Å². The van der Waals surface area contributed by atoms with Crippen LogP contribution in [0, 0.1) is 0 Å². The maximum Gasteiger partial charge on any atom is 0.305 e. The molecular formula is C62H62N4O8. The van der Waals surface area contributed by atoms with Crippen molar-refractivity contribution in [3.63, 3.8) is 0 Å². The first-order valence-electron chi connectivity index (χ1n) is 25.5. The fourth-order valence-corrected chi connectivity index (χ4v) is 8.62. The van der Waals surface area contributed by atoms with Crippen LogP contribution in [-0.4, -0.2) is 69.2 Å². The number of allylic oxidation sites excluding steroid dienone is 7. The highest BCUT2D eigenvalue weighted by molar-refractivity contribution is 6.19. The standard InChI is InChI=1S/C62H62N4O8/c1-44-40-49(45-22-12-8-13-23-45)41-54(46-24-14-9-15-25-46)63-59(44)52-34-32-50(42-55(52)67)71-36-38-73-57(69)30-20-6-4-2-3-5-7-21-31-58(70)74-39-37-72-51-33-35-53(56(68)43-51)62-65-60(47-26-16-10-17-27-47)64-61(66-62)48-28-18-11-19-29-48/h8-19,22-29,32,34,40-43,67-68H,1-7,20-21,30-31,33,35-39H2. The highest BCUT2D eigenvalue weighted by Gasteiger charge is 2.22. The molecule has 0 saturated heterocycles. The summed E-state index contributed by atoms with van der Waals surface area (Å²) in [5, 5.41) is 22.2. The average Bonchev–Trinajstić information content (AvgIpc) is 3.61. The largest absolute Gasteiger partial charge is 0.507 e. The number of hydrogen-bond donors (Lipinski definition) is 2. The van der Waals surface area contributed by atoms with E-state index in [1.54, 1.807) is 24.3 Å². The van der Waals surface area contributed by atoms with Crippen molar-refractivity contribution in [3.8, 4) is 34.3 Å². The minimum absolute atomic E-state index is 0.00250. The van der Waals surface area contributed by atoms with Gasteiger partial charge in [0, 0.05) is 59.2 Å². The van der Waals surface area contributed by atoms with Gasteiger partial charge in [0.15, 0.2) is 17.5 Å². The Morgan fingerprint density at radius 1 is 0.514 bits per heavy atom. The molecule has 0 unspecified atom stereocenters. The van der Waals surface area contributed by atoms with Crippen LogP contribution in [0.15, 0.2) is 186 Å². The topological polar surface area (TPSA) is 163 Å². The fraction of sp³-hybridized carbons (Fsp3) is 0.258. The maximum absolute atomic E-state index is 12.4. The monoisotopic (exact) mass is 990 g/mol. The number of phenolic OH excluding ortho intramolecular Hbond substituents is 1. The summed E-state index contributed by atoms with van der Waals surface area (Å²) in [6.07, 6.45) is 14.9. The van der Waals surface area contributed by atoms with Gasteiger partial charge in [-0.3, -0.25) is 9.59 Å². The molecule has 1 aliphatic heterocycles. The molecule has 0 saturated carbocycles. The summed E-state index contributed by atoms with van der Waals surface area (Å²) in [6, 6.07) is 44.4. The molecule has 2 N–H and O–H groups in total. The summed E-state index contributed by atoms with van der Waals surface area (Å²) in [6.45, 7) is 4.88. The summed E-state index contributed by atoms with van der Waals surface area (Å²) >= 11 is 0. The second-order valence-corrected chi connectivity index (χ2v) is 18.0. The molecular weight excluding hydrogens is 929 g/mol. The van der Waals surface area contributed by atoms with Crippen LogP contribution in [0.5, 0.6) is 11.5 Å². The number of hydrogen-bond acceptors (Lipinski definition) is 12. The van der Waals surface area contributed by atoms with Gasteiger partial charge in [0.05, 0.1) is 11.4 Å². The first-order valence-corrected chi connectivity index (χ1v) is 25.5. The molecule has 12 nitrogen and oxygen atoms in total. The molecule has 74 heavy (non-hydrogen) atoms. The Bertz CT molecular complexity index is 2960. The van der Waals surface area contributed by atoms with E-state index in [2.05, 4.69) is 6.58 Å². The van der Waals surface area contributed by atoms with Crippen molar-refractivity contribution < 1.29 is 38.7 Å². The minimum Gasteiger partial charge on any atom is -0.507 e. The lowest BCUT2D eigenvalue weighted by Crippen LogP contribution is -2.12. The minimum atomic E-state index is -0.259. The van der Waals surface area contributed by atoms with Gasteiger partial charge in [0.2, 0.25) is 0 Å². The number of aliphatic hydroxyl groups is 1. The smallest absolute Gasteiger partial charge is 0.305 e. The molecule has 0 bridgehead atoms. The van der Waals surface area contributed by atoms with Crippen molar-refractivity contribution in [1.82, 2.24) is 15.0 Å². The Morgan fingerprint density at radius 2 is 1.01 bits per heavy atom. The normalized spacial score (nSPS) is 13.5. The predicted molar refractivity (Wildman–Crippen MR) is 290 cm³/mol. The number of benzene rings is 5. The number of aliphatic hydroxyl groups excluding tert-OH is 1. The van der Waals surface area contributed by atoms with E-state index >= 15 is 0 Å². The summed E-state index contributed by atoms with van der Waals surface area (Å²) in [7, 11) is 0. The van der Waals surface area contributed by atoms with Crippen LogP contribution in [0.25, 0.3) is 39.6 Å². The molecule has 0 amide bonds. The van der Waals surface area contributed by atoms with Crippen LogP contribution in [0.4, 0.5) is 0 Å². The lowest BCUT2D eigenvalue weighted by atomic mass is 9.98. The van der Waals surface area contributed by atoms with E-state index in [1.807, 2.05) is 133 Å². The van der Waals surface area contributed by atoms with Crippen LogP contribution in [0.1, 0.15) is 99.6 Å². The van der Waals surface area contributed by atoms with Crippen LogP contribution in [0.2, 0.25) is 0 Å². The van der Waals surface area contributed by atoms with Gasteiger partial charge in [-0.05, 0) is 60.3 Å². The van der Waals surface area contributed by atoms with Crippen molar-refractivity contribution in [2.75, 3.05) is 26.4 Å². The Kier molecular flexibility index (Phi) is 18.9. The molecule has 5 aromatic carbocycles. The Balaban J connectivity index is 0.660. The highest BCUT2D eigenvalue weighted by Crippen LogP contribution is 2.34. The summed E-state index contributed by atoms with van der Waals surface area (Å²) in [4.78, 5) is 43.9. The third-order valence-electron chi connectivity index (χ3n) is 12.5. The van der Waals surface area contributed by atoms with Gasteiger partial charge in [-0.2, -0.15) is 0 Å². The van der Waals surface area contributed by atoms with E-state index in [0.717, 1.165) is 84.9 Å². The SMILES string of the molecule is C=C1C=C(c2ccccc2)C=C(c2ccccc2)N=C1c1ccc(OCCOC(=O)CCCCCCCCCCC(=O)OCCOC2=CC(O)=C(c3nc(-c4ccccc4)nc(-c4ccccc4)n3)CC2)cc1O. The lowest BCUT2D eigenvalue weighted by molar-refractivity contribution is -0.145. The number of nitrogens with zero attached hydrogens (tertiary/aromatic N) is 4. The van der Waals surface area contributed by atoms with Crippen LogP contribution in [-0.2, 0) is 23.8 Å². The van der Waals surface area contributed by atoms with Gasteiger partial charge in [0.1, 0.15) is 49.4 Å². The van der Waals surface area contributed by atoms with Crippen molar-refractivity contribution in [1.29, 1.82) is 0 Å². The molecule has 0 spiro atoms. The van der Waals surface area contributed by atoms with Crippen molar-refractivity contribution in [2.45, 2.75) is 77.0 Å². The molecule has 2 heterocycles. The van der Waals surface area contributed by atoms with Gasteiger partial charge >= 0.3 is 11.9 Å². The molecule has 378 valence electrons. The zero-order chi connectivity index (χ0) is 51.3. The Hall–Kier alpha value is -8.38. The van der Waals surface area contributed by atoms with E-state index in [-0.39, 0.29) is 49.9 Å². The maximum atomic E-state index is 12.4. The zero-order valence-electron chi connectivity index (χ0n) is 41.7. The molecule has 0 radical (unpaired) electrons. The zero-order valence-corrected chi connectivity index (χ0v) is 41.7. The van der Waals surface area contributed by atoms with E-state index in [1.165, 1.54) is 0 Å². The van der Waals surface area contributed by atoms with Crippen molar-refractivity contribution >= 4 is 34.5 Å². The number of unbranched alkanes of at least 4 members (excludes halogenated alkanes) is 7. The number of esters is 2. The molecule has 6 aromatic rings. The summed E-state index contributed by atoms with van der Waals surface area (Å²) in [5.74, 6) is 2.05. The summed E-state index contributed by atoms with van der Waals surface area (Å²) in [5.41, 5.74) is 7.76. The van der Waals surface area contributed by atoms with Gasteiger partial charge < -0.3 is 29.2 Å². The Morgan fingerprint density at radius 3 is 1.55 bits per heavy atom. The quantitative estimate of drug-likeness (QED) is 0.0415. The molecule has 0 atom stereocenters. The lowest BCUT2D eigenvalue weighted by Gasteiger charge is -2.18. The molecule has 0 fully saturated rings. The van der Waals surface area contributed by atoms with Gasteiger partial charge in [-0.25, -0.2) is 19.9 Å². The number of phenols is 1. The number of carbonyl (C=O) groups is 2. The van der Waals surface area contributed by atoms with Crippen molar-refractivity contribution in [3.05, 3.63) is 204 Å². The first kappa shape index (κ1) is 52.0. The molecule has 12 heteroatoms. The number of aromatic hydroxyl groups is 1. The van der Waals surface area contributed by atoms with Crippen LogP contribution >= 0.6 is 0 Å². The Labute approximate surface area is 433 Å².